The largest absolute Gasteiger partial charge is 0.492 e. The van der Waals surface area contributed by atoms with Crippen LogP contribution in [-0.2, 0) is 19.6 Å². The molecule has 0 atom stereocenters. The third kappa shape index (κ3) is 5.65. The number of sulfonamides is 1. The number of nitrogens with zero attached hydrogens (tertiary/aromatic N) is 1. The normalized spacial score (nSPS) is 11.5. The Balaban J connectivity index is 2.93. The summed E-state index contributed by atoms with van der Waals surface area (Å²) in [5.41, 5.74) is 0. The van der Waals surface area contributed by atoms with E-state index < -0.39 is 15.9 Å². The number of carbonyl (C=O) groups excluding carboxylic acids is 1. The zero-order valence-electron chi connectivity index (χ0n) is 13.3. The Bertz CT molecular complexity index is 636. The second kappa shape index (κ2) is 9.07. The number of methoxy groups -OCH3 is 1. The van der Waals surface area contributed by atoms with Crippen LogP contribution in [0, 0.1) is 0 Å². The highest BCUT2D eigenvalue weighted by molar-refractivity contribution is 7.89. The third-order valence-electron chi connectivity index (χ3n) is 2.89. The van der Waals surface area contributed by atoms with E-state index in [4.69, 9.17) is 21.1 Å². The minimum Gasteiger partial charge on any atom is -0.492 e. The maximum Gasteiger partial charge on any atom is 0.247 e. The van der Waals surface area contributed by atoms with Gasteiger partial charge in [0.25, 0.3) is 0 Å². The van der Waals surface area contributed by atoms with Gasteiger partial charge in [-0.3, -0.25) is 4.79 Å². The fraction of sp³-hybridized carbons (Fsp3) is 0.500. The van der Waals surface area contributed by atoms with E-state index >= 15 is 0 Å². The van der Waals surface area contributed by atoms with Crippen molar-refractivity contribution < 1.29 is 22.7 Å². The highest BCUT2D eigenvalue weighted by atomic mass is 35.5. The summed E-state index contributed by atoms with van der Waals surface area (Å²) in [4.78, 5) is 11.7. The van der Waals surface area contributed by atoms with Crippen LogP contribution in [0.15, 0.2) is 23.1 Å². The van der Waals surface area contributed by atoms with Gasteiger partial charge in [-0.15, -0.1) is 0 Å². The van der Waals surface area contributed by atoms with E-state index in [0.29, 0.717) is 19.8 Å². The van der Waals surface area contributed by atoms with E-state index in [-0.39, 0.29) is 22.2 Å². The molecule has 0 bridgehead atoms. The molecule has 0 aliphatic heterocycles. The van der Waals surface area contributed by atoms with E-state index in [1.165, 1.54) is 26.3 Å². The van der Waals surface area contributed by atoms with Crippen molar-refractivity contribution in [3.63, 3.8) is 0 Å². The lowest BCUT2D eigenvalue weighted by Gasteiger charge is -2.19. The van der Waals surface area contributed by atoms with Crippen molar-refractivity contribution in [2.45, 2.75) is 11.8 Å². The van der Waals surface area contributed by atoms with Gasteiger partial charge in [-0.1, -0.05) is 11.6 Å². The van der Waals surface area contributed by atoms with Crippen molar-refractivity contribution in [2.75, 3.05) is 40.5 Å². The van der Waals surface area contributed by atoms with E-state index in [0.717, 1.165) is 4.31 Å². The molecule has 1 amide bonds. The zero-order valence-corrected chi connectivity index (χ0v) is 14.9. The fourth-order valence-electron chi connectivity index (χ4n) is 1.76. The van der Waals surface area contributed by atoms with Gasteiger partial charge in [-0.2, -0.15) is 4.31 Å². The summed E-state index contributed by atoms with van der Waals surface area (Å²) in [7, 11) is -1.08. The number of hydrogen-bond acceptors (Lipinski definition) is 5. The lowest BCUT2D eigenvalue weighted by Crippen LogP contribution is -2.39. The number of nitrogens with one attached hydrogen (secondary N) is 1. The molecule has 0 spiro atoms. The minimum atomic E-state index is -3.91. The molecule has 0 aromatic heterocycles. The SMILES string of the molecule is CCOc1ccc(Cl)cc1S(=O)(=O)N(C)CC(=O)NCCOC. The van der Waals surface area contributed by atoms with Gasteiger partial charge in [-0.05, 0) is 25.1 Å². The van der Waals surface area contributed by atoms with Crippen LogP contribution in [0.3, 0.4) is 0 Å². The summed E-state index contributed by atoms with van der Waals surface area (Å²) < 4.78 is 36.3. The predicted molar refractivity (Wildman–Crippen MR) is 87.3 cm³/mol. The average molecular weight is 365 g/mol. The molecule has 0 saturated carbocycles. The van der Waals surface area contributed by atoms with Gasteiger partial charge in [0.05, 0.1) is 19.8 Å². The van der Waals surface area contributed by atoms with Crippen LogP contribution in [0.4, 0.5) is 0 Å². The summed E-state index contributed by atoms with van der Waals surface area (Å²) in [6, 6.07) is 4.34. The van der Waals surface area contributed by atoms with Crippen LogP contribution in [0.5, 0.6) is 5.75 Å². The first-order valence-corrected chi connectivity index (χ1v) is 8.79. The van der Waals surface area contributed by atoms with Crippen LogP contribution in [0.2, 0.25) is 5.02 Å². The second-order valence-corrected chi connectivity index (χ2v) is 7.08. The maximum atomic E-state index is 12.6. The molecule has 1 N–H and O–H groups in total. The van der Waals surface area contributed by atoms with Crippen LogP contribution in [0.25, 0.3) is 0 Å². The molecular weight excluding hydrogens is 344 g/mol. The van der Waals surface area contributed by atoms with E-state index in [2.05, 4.69) is 5.32 Å². The average Bonchev–Trinajstić information content (AvgIpc) is 2.49. The molecule has 0 saturated heterocycles. The van der Waals surface area contributed by atoms with Gasteiger partial charge in [0.1, 0.15) is 10.6 Å². The molecule has 1 aromatic carbocycles. The lowest BCUT2D eigenvalue weighted by atomic mass is 10.3. The summed E-state index contributed by atoms with van der Waals surface area (Å²) >= 11 is 5.89. The van der Waals surface area contributed by atoms with Gasteiger partial charge >= 0.3 is 0 Å². The Kier molecular flexibility index (Phi) is 7.77. The van der Waals surface area contributed by atoms with Crippen molar-refractivity contribution in [3.8, 4) is 5.75 Å². The molecule has 7 nitrogen and oxygen atoms in total. The van der Waals surface area contributed by atoms with Crippen molar-refractivity contribution in [2.24, 2.45) is 0 Å². The highest BCUT2D eigenvalue weighted by Gasteiger charge is 2.26. The third-order valence-corrected chi connectivity index (χ3v) is 4.95. The second-order valence-electron chi connectivity index (χ2n) is 4.63. The standard InChI is InChI=1S/C14H21ClN2O5S/c1-4-22-12-6-5-11(15)9-13(12)23(19,20)17(2)10-14(18)16-7-8-21-3/h5-6,9H,4,7-8,10H2,1-3H3,(H,16,18). The molecule has 0 heterocycles. The van der Waals surface area contributed by atoms with Crippen molar-refractivity contribution in [1.29, 1.82) is 0 Å². The molecule has 0 aliphatic rings. The van der Waals surface area contributed by atoms with Crippen molar-refractivity contribution >= 4 is 27.5 Å². The first kappa shape index (κ1) is 19.7. The van der Waals surface area contributed by atoms with Gasteiger partial charge in [0.15, 0.2) is 0 Å². The number of carbonyl (C=O) groups is 1. The molecule has 0 radical (unpaired) electrons. The molecule has 0 aliphatic carbocycles. The van der Waals surface area contributed by atoms with E-state index in [9.17, 15) is 13.2 Å². The Morgan fingerprint density at radius 3 is 2.70 bits per heavy atom. The van der Waals surface area contributed by atoms with Gasteiger partial charge in [0, 0.05) is 25.7 Å². The Morgan fingerprint density at radius 1 is 1.39 bits per heavy atom. The van der Waals surface area contributed by atoms with Crippen LogP contribution >= 0.6 is 11.6 Å². The smallest absolute Gasteiger partial charge is 0.247 e. The molecular formula is C14H21ClN2O5S. The van der Waals surface area contributed by atoms with Crippen LogP contribution in [0.1, 0.15) is 6.92 Å². The van der Waals surface area contributed by atoms with Gasteiger partial charge < -0.3 is 14.8 Å². The predicted octanol–water partition coefficient (Wildman–Crippen LogP) is 1.12. The number of ether oxygens (including phenoxy) is 2. The Morgan fingerprint density at radius 2 is 2.09 bits per heavy atom. The van der Waals surface area contributed by atoms with Crippen LogP contribution < -0.4 is 10.1 Å². The lowest BCUT2D eigenvalue weighted by molar-refractivity contribution is -0.121. The molecule has 0 fully saturated rings. The van der Waals surface area contributed by atoms with Gasteiger partial charge in [0.2, 0.25) is 15.9 Å². The number of rotatable bonds is 9. The maximum absolute atomic E-state index is 12.6. The Hall–Kier alpha value is -1.35. The Labute approximate surface area is 141 Å². The van der Waals surface area contributed by atoms with Crippen molar-refractivity contribution in [1.82, 2.24) is 9.62 Å². The monoisotopic (exact) mass is 364 g/mol. The molecule has 23 heavy (non-hydrogen) atoms. The van der Waals surface area contributed by atoms with Crippen LogP contribution in [-0.4, -0.2) is 59.1 Å². The number of amides is 1. The summed E-state index contributed by atoms with van der Waals surface area (Å²) in [5.74, 6) is -0.225. The first-order chi connectivity index (χ1) is 10.8. The summed E-state index contributed by atoms with van der Waals surface area (Å²) in [6.45, 7) is 2.41. The molecule has 1 rings (SSSR count). The fourth-order valence-corrected chi connectivity index (χ4v) is 3.28. The van der Waals surface area contributed by atoms with E-state index in [1.807, 2.05) is 0 Å². The molecule has 0 unspecified atom stereocenters. The minimum absolute atomic E-state index is 0.0703. The number of hydrogen-bond donors (Lipinski definition) is 1. The number of benzene rings is 1. The first-order valence-electron chi connectivity index (χ1n) is 6.97. The van der Waals surface area contributed by atoms with Crippen molar-refractivity contribution in [3.05, 3.63) is 23.2 Å². The summed E-state index contributed by atoms with van der Waals surface area (Å²) in [5, 5.41) is 2.83. The molecule has 130 valence electrons. The topological polar surface area (TPSA) is 84.9 Å². The van der Waals surface area contributed by atoms with Gasteiger partial charge in [-0.25, -0.2) is 8.42 Å². The van der Waals surface area contributed by atoms with E-state index in [1.54, 1.807) is 13.0 Å². The highest BCUT2D eigenvalue weighted by Crippen LogP contribution is 2.29. The molecule has 9 heteroatoms. The summed E-state index contributed by atoms with van der Waals surface area (Å²) in [6.07, 6.45) is 0. The quantitative estimate of drug-likeness (QED) is 0.664. The number of halogens is 1. The number of likely N-dealkylation sites (N-methyl/N-ethyl adjacent to an activating group) is 1. The zero-order chi connectivity index (χ0) is 17.5. The molecule has 1 aromatic rings.